The third-order valence-corrected chi connectivity index (χ3v) is 5.35. The fourth-order valence-electron chi connectivity index (χ4n) is 3.57. The van der Waals surface area contributed by atoms with Gasteiger partial charge in [0.25, 0.3) is 0 Å². The lowest BCUT2D eigenvalue weighted by atomic mass is 10.2. The molecule has 0 amide bonds. The molecule has 0 bridgehead atoms. The molecule has 2 N–H and O–H groups in total. The van der Waals surface area contributed by atoms with E-state index in [2.05, 4.69) is 20.4 Å². The van der Waals surface area contributed by atoms with E-state index in [1.54, 1.807) is 0 Å². The van der Waals surface area contributed by atoms with Crippen LogP contribution in [0.3, 0.4) is 0 Å². The first-order chi connectivity index (χ1) is 15.1. The zero-order valence-electron chi connectivity index (χ0n) is 17.4. The SMILES string of the molecule is FC(F)(F)c1ccc(N2CCNCC2)cc1.FC(F)(F)c1ccc(N2CCNCC2)cc1. The monoisotopic (exact) mass is 460 g/mol. The second-order valence-corrected chi connectivity index (χ2v) is 7.56. The topological polar surface area (TPSA) is 30.5 Å². The molecule has 0 aromatic heterocycles. The third kappa shape index (κ3) is 6.77. The van der Waals surface area contributed by atoms with Gasteiger partial charge in [-0.15, -0.1) is 0 Å². The Balaban J connectivity index is 0.000000181. The van der Waals surface area contributed by atoms with Crippen molar-refractivity contribution in [3.8, 4) is 0 Å². The molecule has 2 fully saturated rings. The molecule has 0 atom stereocenters. The van der Waals surface area contributed by atoms with E-state index in [9.17, 15) is 26.3 Å². The Morgan fingerprint density at radius 1 is 0.500 bits per heavy atom. The van der Waals surface area contributed by atoms with Crippen LogP contribution < -0.4 is 20.4 Å². The van der Waals surface area contributed by atoms with Gasteiger partial charge in [0.2, 0.25) is 0 Å². The maximum atomic E-state index is 12.3. The number of hydrogen-bond donors (Lipinski definition) is 2. The Morgan fingerprint density at radius 3 is 1.03 bits per heavy atom. The number of halogens is 6. The molecule has 4 rings (SSSR count). The Bertz CT molecular complexity index is 750. The second-order valence-electron chi connectivity index (χ2n) is 7.56. The summed E-state index contributed by atoms with van der Waals surface area (Å²) in [7, 11) is 0. The summed E-state index contributed by atoms with van der Waals surface area (Å²) < 4.78 is 74.0. The zero-order valence-corrected chi connectivity index (χ0v) is 17.4. The van der Waals surface area contributed by atoms with Gasteiger partial charge in [-0.25, -0.2) is 0 Å². The number of alkyl halides is 6. The summed E-state index contributed by atoms with van der Waals surface area (Å²) >= 11 is 0. The lowest BCUT2D eigenvalue weighted by molar-refractivity contribution is -0.138. The molecule has 0 saturated carbocycles. The van der Waals surface area contributed by atoms with E-state index in [1.807, 2.05) is 0 Å². The third-order valence-electron chi connectivity index (χ3n) is 5.35. The first-order valence-electron chi connectivity index (χ1n) is 10.4. The molecule has 0 spiro atoms. The molecular formula is C22H26F6N4. The molecule has 0 unspecified atom stereocenters. The van der Waals surface area contributed by atoms with Crippen LogP contribution in [0.25, 0.3) is 0 Å². The number of nitrogens with zero attached hydrogens (tertiary/aromatic N) is 2. The maximum absolute atomic E-state index is 12.3. The minimum absolute atomic E-state index is 0.591. The van der Waals surface area contributed by atoms with Crippen LogP contribution in [0.2, 0.25) is 0 Å². The van der Waals surface area contributed by atoms with Crippen LogP contribution in [0.5, 0.6) is 0 Å². The summed E-state index contributed by atoms with van der Waals surface area (Å²) in [6.07, 6.45) is -8.50. The number of anilines is 2. The Morgan fingerprint density at radius 2 is 0.781 bits per heavy atom. The highest BCUT2D eigenvalue weighted by Crippen LogP contribution is 2.31. The molecular weight excluding hydrogens is 434 g/mol. The smallest absolute Gasteiger partial charge is 0.369 e. The zero-order chi connectivity index (χ0) is 23.2. The summed E-state index contributed by atoms with van der Waals surface area (Å²) in [5.74, 6) is 0. The first kappa shape index (κ1) is 24.2. The first-order valence-corrected chi connectivity index (χ1v) is 10.4. The van der Waals surface area contributed by atoms with Gasteiger partial charge in [-0.3, -0.25) is 0 Å². The van der Waals surface area contributed by atoms with E-state index in [0.29, 0.717) is 0 Å². The van der Waals surface area contributed by atoms with E-state index >= 15 is 0 Å². The van der Waals surface area contributed by atoms with Crippen LogP contribution in [-0.2, 0) is 12.4 Å². The molecule has 176 valence electrons. The van der Waals surface area contributed by atoms with Crippen LogP contribution >= 0.6 is 0 Å². The van der Waals surface area contributed by atoms with E-state index in [-0.39, 0.29) is 0 Å². The van der Waals surface area contributed by atoms with Crippen molar-refractivity contribution in [1.82, 2.24) is 10.6 Å². The summed E-state index contributed by atoms with van der Waals surface area (Å²) in [6.45, 7) is 6.86. The van der Waals surface area contributed by atoms with Crippen molar-refractivity contribution >= 4 is 11.4 Å². The number of benzene rings is 2. The van der Waals surface area contributed by atoms with Gasteiger partial charge in [0.1, 0.15) is 0 Å². The molecule has 4 nitrogen and oxygen atoms in total. The summed E-state index contributed by atoms with van der Waals surface area (Å²) in [6, 6.07) is 10.7. The van der Waals surface area contributed by atoms with Gasteiger partial charge in [-0.2, -0.15) is 26.3 Å². The molecule has 10 heteroatoms. The van der Waals surface area contributed by atoms with Crippen molar-refractivity contribution in [3.05, 3.63) is 59.7 Å². The molecule has 2 heterocycles. The van der Waals surface area contributed by atoms with E-state index < -0.39 is 23.5 Å². The fourth-order valence-corrected chi connectivity index (χ4v) is 3.57. The lowest BCUT2D eigenvalue weighted by Crippen LogP contribution is -2.43. The molecule has 0 radical (unpaired) electrons. The van der Waals surface area contributed by atoms with E-state index in [4.69, 9.17) is 0 Å². The fraction of sp³-hybridized carbons (Fsp3) is 0.455. The molecule has 2 saturated heterocycles. The Kier molecular flexibility index (Phi) is 7.89. The molecule has 2 aromatic carbocycles. The van der Waals surface area contributed by atoms with Gasteiger partial charge in [0.05, 0.1) is 11.1 Å². The predicted molar refractivity (Wildman–Crippen MR) is 113 cm³/mol. The van der Waals surface area contributed by atoms with Gasteiger partial charge >= 0.3 is 12.4 Å². The molecule has 2 aromatic rings. The number of nitrogens with one attached hydrogen (secondary N) is 2. The second kappa shape index (κ2) is 10.4. The quantitative estimate of drug-likeness (QED) is 0.657. The number of piperazine rings is 2. The van der Waals surface area contributed by atoms with Gasteiger partial charge in [0, 0.05) is 63.7 Å². The van der Waals surface area contributed by atoms with Crippen molar-refractivity contribution in [1.29, 1.82) is 0 Å². The van der Waals surface area contributed by atoms with Crippen molar-refractivity contribution < 1.29 is 26.3 Å². The predicted octanol–water partition coefficient (Wildman–Crippen LogP) is 4.23. The van der Waals surface area contributed by atoms with Gasteiger partial charge in [0.15, 0.2) is 0 Å². The van der Waals surface area contributed by atoms with E-state index in [1.165, 1.54) is 24.3 Å². The number of hydrogen-bond acceptors (Lipinski definition) is 4. The highest BCUT2D eigenvalue weighted by Gasteiger charge is 2.31. The lowest BCUT2D eigenvalue weighted by Gasteiger charge is -2.29. The van der Waals surface area contributed by atoms with Gasteiger partial charge in [-0.05, 0) is 48.5 Å². The van der Waals surface area contributed by atoms with Gasteiger partial charge < -0.3 is 20.4 Å². The summed E-state index contributed by atoms with van der Waals surface area (Å²) in [4.78, 5) is 4.16. The van der Waals surface area contributed by atoms with Crippen LogP contribution in [0.15, 0.2) is 48.5 Å². The van der Waals surface area contributed by atoms with Crippen molar-refractivity contribution in [2.75, 3.05) is 62.2 Å². The van der Waals surface area contributed by atoms with Crippen LogP contribution in [0.1, 0.15) is 11.1 Å². The molecule has 2 aliphatic heterocycles. The largest absolute Gasteiger partial charge is 0.416 e. The minimum atomic E-state index is -4.25. The Hall–Kier alpha value is -2.46. The minimum Gasteiger partial charge on any atom is -0.369 e. The standard InChI is InChI=1S/2C11H13F3N2/c2*12-11(13,14)9-1-3-10(4-2-9)16-7-5-15-6-8-16/h2*1-4,15H,5-8H2. The molecule has 32 heavy (non-hydrogen) atoms. The van der Waals surface area contributed by atoms with Crippen molar-refractivity contribution in [2.45, 2.75) is 12.4 Å². The van der Waals surface area contributed by atoms with Crippen LogP contribution in [0.4, 0.5) is 37.7 Å². The van der Waals surface area contributed by atoms with E-state index in [0.717, 1.165) is 88.0 Å². The highest BCUT2D eigenvalue weighted by atomic mass is 19.4. The van der Waals surface area contributed by atoms with Crippen molar-refractivity contribution in [3.63, 3.8) is 0 Å². The maximum Gasteiger partial charge on any atom is 0.416 e. The average molecular weight is 460 g/mol. The van der Waals surface area contributed by atoms with Crippen molar-refractivity contribution in [2.24, 2.45) is 0 Å². The highest BCUT2D eigenvalue weighted by molar-refractivity contribution is 5.49. The number of rotatable bonds is 2. The average Bonchev–Trinajstić information content (AvgIpc) is 2.80. The van der Waals surface area contributed by atoms with Crippen LogP contribution in [0, 0.1) is 0 Å². The normalized spacial score (nSPS) is 17.6. The Labute approximate surface area is 183 Å². The van der Waals surface area contributed by atoms with Crippen LogP contribution in [-0.4, -0.2) is 52.4 Å². The molecule has 2 aliphatic rings. The summed E-state index contributed by atoms with van der Waals surface area (Å²) in [5, 5.41) is 6.40. The molecule has 0 aliphatic carbocycles. The summed E-state index contributed by atoms with van der Waals surface area (Å²) in [5.41, 5.74) is 0.529. The van der Waals surface area contributed by atoms with Gasteiger partial charge in [-0.1, -0.05) is 0 Å².